The van der Waals surface area contributed by atoms with Crippen molar-refractivity contribution in [2.75, 3.05) is 18.0 Å². The molecular weight excluding hydrogens is 296 g/mol. The van der Waals surface area contributed by atoms with Gasteiger partial charge in [-0.3, -0.25) is 4.98 Å². The zero-order valence-electron chi connectivity index (χ0n) is 12.8. The topological polar surface area (TPSA) is 93.6 Å². The van der Waals surface area contributed by atoms with E-state index in [0.717, 1.165) is 22.3 Å². The second kappa shape index (κ2) is 5.87. The molecule has 1 aliphatic heterocycles. The Hall–Kier alpha value is -2.63. The number of carboxylic acid groups (broad SMARTS) is 2. The number of pyridine rings is 1. The number of aliphatic carboxylic acids is 1. The highest BCUT2D eigenvalue weighted by Gasteiger charge is 2.22. The summed E-state index contributed by atoms with van der Waals surface area (Å²) in [6.45, 7) is 3.10. The Morgan fingerprint density at radius 1 is 1.26 bits per heavy atom. The number of hydrogen-bond donors (Lipinski definition) is 1. The summed E-state index contributed by atoms with van der Waals surface area (Å²) in [5.74, 6) is -2.38. The lowest BCUT2D eigenvalue weighted by molar-refractivity contribution is -0.312. The zero-order chi connectivity index (χ0) is 16.6. The van der Waals surface area contributed by atoms with Gasteiger partial charge in [0.2, 0.25) is 0 Å². The number of aromatic nitrogens is 1. The van der Waals surface area contributed by atoms with Gasteiger partial charge in [0, 0.05) is 41.7 Å². The number of anilines is 1. The van der Waals surface area contributed by atoms with Crippen molar-refractivity contribution < 1.29 is 19.8 Å². The summed E-state index contributed by atoms with van der Waals surface area (Å²) in [5.41, 5.74) is 2.71. The Kier molecular flexibility index (Phi) is 3.90. The van der Waals surface area contributed by atoms with Crippen LogP contribution in [-0.4, -0.2) is 35.1 Å². The average Bonchev–Trinajstić information content (AvgIpc) is 2.53. The normalized spacial score (nSPS) is 15.8. The molecule has 1 fully saturated rings. The van der Waals surface area contributed by atoms with Crippen LogP contribution in [0.5, 0.6) is 0 Å². The van der Waals surface area contributed by atoms with Gasteiger partial charge in [0.15, 0.2) is 0 Å². The van der Waals surface area contributed by atoms with Gasteiger partial charge in [-0.25, -0.2) is 4.79 Å². The molecular formula is C17H17N2O4-. The minimum atomic E-state index is -0.992. The van der Waals surface area contributed by atoms with Crippen molar-refractivity contribution in [1.82, 2.24) is 4.98 Å². The average molecular weight is 313 g/mol. The first-order chi connectivity index (χ1) is 11.0. The first kappa shape index (κ1) is 15.3. The number of aromatic carboxylic acids is 1. The van der Waals surface area contributed by atoms with Crippen LogP contribution in [0.25, 0.3) is 10.9 Å². The Morgan fingerprint density at radius 3 is 2.57 bits per heavy atom. The smallest absolute Gasteiger partial charge is 0.335 e. The molecule has 23 heavy (non-hydrogen) atoms. The maximum absolute atomic E-state index is 11.2. The number of carboxylic acids is 2. The van der Waals surface area contributed by atoms with Crippen molar-refractivity contribution in [2.24, 2.45) is 5.92 Å². The van der Waals surface area contributed by atoms with Crippen molar-refractivity contribution in [3.8, 4) is 0 Å². The number of fused-ring (bicyclic) bond motifs is 1. The SMILES string of the molecule is Cc1cc(N2CCC(C(=O)[O-])CC2)c2cc(C(=O)O)ccc2n1. The maximum atomic E-state index is 11.2. The monoisotopic (exact) mass is 313 g/mol. The Balaban J connectivity index is 2.01. The van der Waals surface area contributed by atoms with E-state index in [4.69, 9.17) is 0 Å². The lowest BCUT2D eigenvalue weighted by atomic mass is 9.96. The number of piperidine rings is 1. The summed E-state index contributed by atoms with van der Waals surface area (Å²) in [5, 5.41) is 20.9. The van der Waals surface area contributed by atoms with Gasteiger partial charge < -0.3 is 19.9 Å². The molecule has 6 heteroatoms. The predicted molar refractivity (Wildman–Crippen MR) is 83.4 cm³/mol. The van der Waals surface area contributed by atoms with Gasteiger partial charge in [0.1, 0.15) is 0 Å². The fourth-order valence-electron chi connectivity index (χ4n) is 3.09. The molecule has 1 saturated heterocycles. The molecule has 1 aromatic heterocycles. The second-order valence-electron chi connectivity index (χ2n) is 5.90. The van der Waals surface area contributed by atoms with E-state index in [0.29, 0.717) is 25.9 Å². The van der Waals surface area contributed by atoms with Crippen LogP contribution in [0.2, 0.25) is 0 Å². The number of carbonyl (C=O) groups excluding carboxylic acids is 1. The van der Waals surface area contributed by atoms with Crippen molar-refractivity contribution in [3.05, 3.63) is 35.5 Å². The van der Waals surface area contributed by atoms with E-state index in [2.05, 4.69) is 9.88 Å². The maximum Gasteiger partial charge on any atom is 0.335 e. The van der Waals surface area contributed by atoms with Gasteiger partial charge >= 0.3 is 5.97 Å². The van der Waals surface area contributed by atoms with Gasteiger partial charge in [-0.05, 0) is 44.0 Å². The van der Waals surface area contributed by atoms with Crippen molar-refractivity contribution in [2.45, 2.75) is 19.8 Å². The van der Waals surface area contributed by atoms with E-state index in [1.165, 1.54) is 0 Å². The summed E-state index contributed by atoms with van der Waals surface area (Å²) in [7, 11) is 0. The standard InChI is InChI=1S/C17H18N2O4/c1-10-8-15(19-6-4-11(5-7-19)16(20)21)13-9-12(17(22)23)2-3-14(13)18-10/h2-3,8-9,11H,4-7H2,1H3,(H,20,21)(H,22,23)/p-1. The molecule has 1 aliphatic rings. The largest absolute Gasteiger partial charge is 0.550 e. The zero-order valence-corrected chi connectivity index (χ0v) is 12.8. The molecule has 3 rings (SSSR count). The Labute approximate surface area is 133 Å². The van der Waals surface area contributed by atoms with Crippen LogP contribution in [0.3, 0.4) is 0 Å². The summed E-state index contributed by atoms with van der Waals surface area (Å²) in [6, 6.07) is 6.81. The Morgan fingerprint density at radius 2 is 1.96 bits per heavy atom. The van der Waals surface area contributed by atoms with Gasteiger partial charge in [0.25, 0.3) is 0 Å². The van der Waals surface area contributed by atoms with Crippen molar-refractivity contribution in [3.63, 3.8) is 0 Å². The molecule has 1 aromatic carbocycles. The third-order valence-electron chi connectivity index (χ3n) is 4.33. The fourth-order valence-corrected chi connectivity index (χ4v) is 3.09. The van der Waals surface area contributed by atoms with Crippen LogP contribution in [0, 0.1) is 12.8 Å². The summed E-state index contributed by atoms with van der Waals surface area (Å²) in [4.78, 5) is 28.7. The van der Waals surface area contributed by atoms with Crippen molar-refractivity contribution in [1.29, 1.82) is 0 Å². The first-order valence-corrected chi connectivity index (χ1v) is 7.56. The third kappa shape index (κ3) is 2.97. The molecule has 0 radical (unpaired) electrons. The minimum absolute atomic E-state index is 0.217. The fraction of sp³-hybridized carbons (Fsp3) is 0.353. The second-order valence-corrected chi connectivity index (χ2v) is 5.90. The van der Waals surface area contributed by atoms with E-state index in [1.807, 2.05) is 13.0 Å². The van der Waals surface area contributed by atoms with Gasteiger partial charge in [0.05, 0.1) is 11.1 Å². The highest BCUT2D eigenvalue weighted by Crippen LogP contribution is 2.31. The van der Waals surface area contributed by atoms with Crippen LogP contribution in [-0.2, 0) is 4.79 Å². The molecule has 0 atom stereocenters. The molecule has 0 aliphatic carbocycles. The number of nitrogens with zero attached hydrogens (tertiary/aromatic N) is 2. The van der Waals surface area contributed by atoms with Crippen LogP contribution in [0.15, 0.2) is 24.3 Å². The first-order valence-electron chi connectivity index (χ1n) is 7.56. The van der Waals surface area contributed by atoms with Crippen LogP contribution < -0.4 is 10.0 Å². The quantitative estimate of drug-likeness (QED) is 0.915. The minimum Gasteiger partial charge on any atom is -0.550 e. The summed E-state index contributed by atoms with van der Waals surface area (Å²) in [6.07, 6.45) is 1.06. The molecule has 2 aromatic rings. The van der Waals surface area contributed by atoms with Crippen LogP contribution in [0.4, 0.5) is 5.69 Å². The molecule has 120 valence electrons. The van der Waals surface area contributed by atoms with Crippen LogP contribution >= 0.6 is 0 Å². The van der Waals surface area contributed by atoms with Gasteiger partial charge in [-0.2, -0.15) is 0 Å². The van der Waals surface area contributed by atoms with Gasteiger partial charge in [-0.15, -0.1) is 0 Å². The van der Waals surface area contributed by atoms with E-state index >= 15 is 0 Å². The van der Waals surface area contributed by atoms with E-state index in [9.17, 15) is 19.8 Å². The number of hydrogen-bond acceptors (Lipinski definition) is 5. The van der Waals surface area contributed by atoms with E-state index < -0.39 is 17.9 Å². The highest BCUT2D eigenvalue weighted by molar-refractivity contribution is 5.98. The molecule has 0 unspecified atom stereocenters. The predicted octanol–water partition coefficient (Wildman–Crippen LogP) is 1.21. The molecule has 2 heterocycles. The number of carbonyl (C=O) groups is 2. The van der Waals surface area contributed by atoms with E-state index in [-0.39, 0.29) is 5.56 Å². The lowest BCUT2D eigenvalue weighted by Crippen LogP contribution is -2.41. The van der Waals surface area contributed by atoms with E-state index in [1.54, 1.807) is 18.2 Å². The highest BCUT2D eigenvalue weighted by atomic mass is 16.4. The summed E-state index contributed by atoms with van der Waals surface area (Å²) < 4.78 is 0. The molecule has 0 amide bonds. The summed E-state index contributed by atoms with van der Waals surface area (Å²) >= 11 is 0. The molecule has 0 bridgehead atoms. The van der Waals surface area contributed by atoms with Crippen molar-refractivity contribution >= 4 is 28.5 Å². The van der Waals surface area contributed by atoms with Crippen LogP contribution in [0.1, 0.15) is 28.9 Å². The Bertz CT molecular complexity index is 780. The molecule has 1 N–H and O–H groups in total. The molecule has 0 spiro atoms. The molecule has 0 saturated carbocycles. The number of benzene rings is 1. The number of aryl methyl sites for hydroxylation is 1. The number of rotatable bonds is 3. The van der Waals surface area contributed by atoms with Gasteiger partial charge in [-0.1, -0.05) is 0 Å². The molecule has 6 nitrogen and oxygen atoms in total. The third-order valence-corrected chi connectivity index (χ3v) is 4.33. The lowest BCUT2D eigenvalue weighted by Gasteiger charge is -2.34.